The van der Waals surface area contributed by atoms with Crippen LogP contribution in [-0.2, 0) is 6.54 Å². The van der Waals surface area contributed by atoms with Gasteiger partial charge in [-0.3, -0.25) is 0 Å². The summed E-state index contributed by atoms with van der Waals surface area (Å²) in [6.45, 7) is 0.279. The van der Waals surface area contributed by atoms with Gasteiger partial charge in [0, 0.05) is 18.8 Å². The summed E-state index contributed by atoms with van der Waals surface area (Å²) in [5, 5.41) is 11.4. The van der Waals surface area contributed by atoms with Crippen molar-refractivity contribution in [2.24, 2.45) is 0 Å². The Bertz CT molecular complexity index is 668. The maximum atomic E-state index is 13.7. The Morgan fingerprint density at radius 2 is 2.10 bits per heavy atom. The lowest BCUT2D eigenvalue weighted by molar-refractivity contribution is 0.397. The maximum absolute atomic E-state index is 13.7. The molecule has 0 bridgehead atoms. The summed E-state index contributed by atoms with van der Waals surface area (Å²) in [5.74, 6) is -1.77. The molecule has 4 nitrogen and oxygen atoms in total. The number of nitrogens with zero attached hydrogens (tertiary/aromatic N) is 2. The van der Waals surface area contributed by atoms with Gasteiger partial charge in [-0.25, -0.2) is 13.8 Å². The number of aromatic nitrogens is 1. The van der Waals surface area contributed by atoms with E-state index in [1.165, 1.54) is 19.2 Å². The zero-order valence-corrected chi connectivity index (χ0v) is 10.7. The molecule has 0 atom stereocenters. The molecular formula is C14H11F2N3O. The van der Waals surface area contributed by atoms with Crippen molar-refractivity contribution < 1.29 is 13.5 Å². The number of hydrogen-bond acceptors (Lipinski definition) is 4. The highest BCUT2D eigenvalue weighted by molar-refractivity contribution is 5.50. The SMILES string of the molecule is COc1cc(CNc2ccc(C#N)c(F)c2F)ccn1. The van der Waals surface area contributed by atoms with Crippen molar-refractivity contribution in [1.82, 2.24) is 4.98 Å². The highest BCUT2D eigenvalue weighted by Crippen LogP contribution is 2.21. The van der Waals surface area contributed by atoms with E-state index in [0.717, 1.165) is 5.56 Å². The first kappa shape index (κ1) is 13.7. The second kappa shape index (κ2) is 5.97. The molecule has 6 heteroatoms. The van der Waals surface area contributed by atoms with Gasteiger partial charge < -0.3 is 10.1 Å². The molecule has 1 aromatic heterocycles. The summed E-state index contributed by atoms with van der Waals surface area (Å²) < 4.78 is 32.1. The van der Waals surface area contributed by atoms with Crippen LogP contribution < -0.4 is 10.1 Å². The minimum Gasteiger partial charge on any atom is -0.481 e. The maximum Gasteiger partial charge on any atom is 0.213 e. The minimum atomic E-state index is -1.15. The Balaban J connectivity index is 2.15. The molecule has 2 aromatic rings. The third-order valence-electron chi connectivity index (χ3n) is 2.69. The van der Waals surface area contributed by atoms with Crippen LogP contribution >= 0.6 is 0 Å². The summed E-state index contributed by atoms with van der Waals surface area (Å²) in [4.78, 5) is 3.95. The van der Waals surface area contributed by atoms with Crippen molar-refractivity contribution in [3.05, 3.63) is 53.2 Å². The summed E-state index contributed by atoms with van der Waals surface area (Å²) >= 11 is 0. The molecule has 2 rings (SSSR count). The van der Waals surface area contributed by atoms with E-state index in [4.69, 9.17) is 10.00 Å². The number of hydrogen-bond donors (Lipinski definition) is 1. The zero-order valence-electron chi connectivity index (χ0n) is 10.7. The molecule has 0 saturated carbocycles. The van der Waals surface area contributed by atoms with Gasteiger partial charge >= 0.3 is 0 Å². The van der Waals surface area contributed by atoms with Crippen LogP contribution in [0.1, 0.15) is 11.1 Å². The van der Waals surface area contributed by atoms with E-state index >= 15 is 0 Å². The van der Waals surface area contributed by atoms with Crippen molar-refractivity contribution in [3.63, 3.8) is 0 Å². The first-order valence-electron chi connectivity index (χ1n) is 5.76. The van der Waals surface area contributed by atoms with Crippen LogP contribution in [0.25, 0.3) is 0 Å². The van der Waals surface area contributed by atoms with Crippen LogP contribution in [0.3, 0.4) is 0 Å². The summed E-state index contributed by atoms with van der Waals surface area (Å²) in [5.41, 5.74) is 0.483. The molecule has 1 aromatic carbocycles. The number of ether oxygens (including phenoxy) is 1. The van der Waals surface area contributed by atoms with Gasteiger partial charge in [0.05, 0.1) is 18.4 Å². The van der Waals surface area contributed by atoms with E-state index in [9.17, 15) is 8.78 Å². The van der Waals surface area contributed by atoms with Crippen molar-refractivity contribution in [2.75, 3.05) is 12.4 Å². The molecule has 1 heterocycles. The van der Waals surface area contributed by atoms with Crippen LogP contribution in [0.15, 0.2) is 30.5 Å². The third-order valence-corrected chi connectivity index (χ3v) is 2.69. The second-order valence-electron chi connectivity index (χ2n) is 3.96. The quantitative estimate of drug-likeness (QED) is 0.932. The molecule has 0 aliphatic heterocycles. The van der Waals surface area contributed by atoms with Crippen molar-refractivity contribution in [3.8, 4) is 11.9 Å². The van der Waals surface area contributed by atoms with Gasteiger partial charge in [0.15, 0.2) is 11.6 Å². The predicted molar refractivity (Wildman–Crippen MR) is 69.2 cm³/mol. The molecule has 0 aliphatic rings. The first-order chi connectivity index (χ1) is 9.65. The Labute approximate surface area is 114 Å². The van der Waals surface area contributed by atoms with Gasteiger partial charge in [-0.1, -0.05) is 0 Å². The van der Waals surface area contributed by atoms with E-state index in [1.807, 2.05) is 0 Å². The van der Waals surface area contributed by atoms with Crippen LogP contribution in [0.4, 0.5) is 14.5 Å². The average molecular weight is 275 g/mol. The number of nitriles is 1. The smallest absolute Gasteiger partial charge is 0.213 e. The number of nitrogens with one attached hydrogen (secondary N) is 1. The molecule has 0 amide bonds. The van der Waals surface area contributed by atoms with E-state index in [-0.39, 0.29) is 17.8 Å². The fraction of sp³-hybridized carbons (Fsp3) is 0.143. The largest absolute Gasteiger partial charge is 0.481 e. The molecule has 0 unspecified atom stereocenters. The van der Waals surface area contributed by atoms with Crippen LogP contribution in [0.2, 0.25) is 0 Å². The van der Waals surface area contributed by atoms with E-state index in [1.54, 1.807) is 24.4 Å². The van der Waals surface area contributed by atoms with E-state index in [2.05, 4.69) is 10.3 Å². The minimum absolute atomic E-state index is 0.00252. The molecule has 20 heavy (non-hydrogen) atoms. The zero-order chi connectivity index (χ0) is 14.5. The fourth-order valence-electron chi connectivity index (χ4n) is 1.64. The van der Waals surface area contributed by atoms with Crippen LogP contribution in [-0.4, -0.2) is 12.1 Å². The number of pyridine rings is 1. The second-order valence-corrected chi connectivity index (χ2v) is 3.96. The van der Waals surface area contributed by atoms with Gasteiger partial charge in [0.25, 0.3) is 0 Å². The lowest BCUT2D eigenvalue weighted by atomic mass is 10.2. The Kier molecular flexibility index (Phi) is 4.11. The van der Waals surface area contributed by atoms with Gasteiger partial charge in [-0.2, -0.15) is 5.26 Å². The summed E-state index contributed by atoms with van der Waals surface area (Å²) in [7, 11) is 1.50. The highest BCUT2D eigenvalue weighted by Gasteiger charge is 2.12. The van der Waals surface area contributed by atoms with Crippen LogP contribution in [0, 0.1) is 23.0 Å². The first-order valence-corrected chi connectivity index (χ1v) is 5.76. The predicted octanol–water partition coefficient (Wildman–Crippen LogP) is 2.85. The summed E-state index contributed by atoms with van der Waals surface area (Å²) in [6.07, 6.45) is 1.56. The number of benzene rings is 1. The van der Waals surface area contributed by atoms with Crippen molar-refractivity contribution in [1.29, 1.82) is 5.26 Å². The van der Waals surface area contributed by atoms with Gasteiger partial charge in [0.1, 0.15) is 6.07 Å². The van der Waals surface area contributed by atoms with Crippen molar-refractivity contribution >= 4 is 5.69 Å². The summed E-state index contributed by atoms with van der Waals surface area (Å²) in [6, 6.07) is 7.56. The molecule has 0 spiro atoms. The monoisotopic (exact) mass is 275 g/mol. The normalized spacial score (nSPS) is 9.90. The Hall–Kier alpha value is -2.68. The lowest BCUT2D eigenvalue weighted by Crippen LogP contribution is -2.04. The molecule has 0 aliphatic carbocycles. The number of methoxy groups -OCH3 is 1. The van der Waals surface area contributed by atoms with Crippen molar-refractivity contribution in [2.45, 2.75) is 6.54 Å². The third kappa shape index (κ3) is 2.83. The van der Waals surface area contributed by atoms with E-state index in [0.29, 0.717) is 5.88 Å². The number of rotatable bonds is 4. The molecule has 0 saturated heterocycles. The lowest BCUT2D eigenvalue weighted by Gasteiger charge is -2.09. The topological polar surface area (TPSA) is 57.9 Å². The molecule has 1 N–H and O–H groups in total. The van der Waals surface area contributed by atoms with E-state index < -0.39 is 11.6 Å². The standard InChI is InChI=1S/C14H11F2N3O/c1-20-12-6-9(4-5-18-12)8-19-11-3-2-10(7-17)13(15)14(11)16/h2-6,19H,8H2,1H3. The highest BCUT2D eigenvalue weighted by atomic mass is 19.2. The number of halogens is 2. The molecular weight excluding hydrogens is 264 g/mol. The fourth-order valence-corrected chi connectivity index (χ4v) is 1.64. The van der Waals surface area contributed by atoms with Gasteiger partial charge in [-0.05, 0) is 23.8 Å². The van der Waals surface area contributed by atoms with Gasteiger partial charge in [-0.15, -0.1) is 0 Å². The number of anilines is 1. The Morgan fingerprint density at radius 3 is 2.80 bits per heavy atom. The Morgan fingerprint density at radius 1 is 1.30 bits per heavy atom. The van der Waals surface area contributed by atoms with Gasteiger partial charge in [0.2, 0.25) is 5.88 Å². The molecule has 0 fully saturated rings. The molecule has 0 radical (unpaired) electrons. The average Bonchev–Trinajstić information content (AvgIpc) is 2.49. The van der Waals surface area contributed by atoms with Crippen LogP contribution in [0.5, 0.6) is 5.88 Å². The molecule has 102 valence electrons.